The Kier molecular flexibility index (Phi) is 3.25. The Morgan fingerprint density at radius 1 is 0.955 bits per heavy atom. The number of Topliss-reactive ketones (excluding diaryl/α,β-unsaturated/α-hetero) is 1. The van der Waals surface area contributed by atoms with E-state index in [2.05, 4.69) is 18.2 Å². The molecular weight excluding hydrogens is 272 g/mol. The lowest BCUT2D eigenvalue weighted by molar-refractivity contribution is -0.132. The molecule has 0 amide bonds. The summed E-state index contributed by atoms with van der Waals surface area (Å²) in [5.41, 5.74) is 1.68. The molecule has 22 heavy (non-hydrogen) atoms. The van der Waals surface area contributed by atoms with Gasteiger partial charge in [-0.15, -0.1) is 0 Å². The number of benzene rings is 2. The van der Waals surface area contributed by atoms with E-state index in [1.165, 1.54) is 18.4 Å². The predicted octanol–water partition coefficient (Wildman–Crippen LogP) is 5.10. The summed E-state index contributed by atoms with van der Waals surface area (Å²) < 4.78 is 5.93. The summed E-state index contributed by atoms with van der Waals surface area (Å²) in [5.74, 6) is 2.79. The molecule has 2 nitrogen and oxygen atoms in total. The number of carbonyl (C=O) groups is 1. The minimum atomic E-state index is 0.331. The molecule has 2 aliphatic carbocycles. The van der Waals surface area contributed by atoms with Gasteiger partial charge in [0.05, 0.1) is 0 Å². The number of hydrogen-bond acceptors (Lipinski definition) is 2. The standard InChI is InChI=1S/C20H20O2/c21-17-13-20(14-17)10-9-16(12-20)15-5-4-8-19(11-15)22-18-6-2-1-3-7-18/h1-8,11,16H,9-10,12-14H2. The predicted molar refractivity (Wildman–Crippen MR) is 86.2 cm³/mol. The van der Waals surface area contributed by atoms with E-state index in [1.54, 1.807) is 0 Å². The lowest BCUT2D eigenvalue weighted by atomic mass is 9.66. The summed E-state index contributed by atoms with van der Waals surface area (Å²) in [7, 11) is 0. The minimum Gasteiger partial charge on any atom is -0.457 e. The van der Waals surface area contributed by atoms with Gasteiger partial charge in [0.25, 0.3) is 0 Å². The first-order chi connectivity index (χ1) is 10.7. The zero-order valence-electron chi connectivity index (χ0n) is 12.6. The summed E-state index contributed by atoms with van der Waals surface area (Å²) in [5, 5.41) is 0. The highest BCUT2D eigenvalue weighted by molar-refractivity contribution is 5.86. The van der Waals surface area contributed by atoms with Crippen LogP contribution in [0.25, 0.3) is 0 Å². The van der Waals surface area contributed by atoms with Gasteiger partial charge >= 0.3 is 0 Å². The van der Waals surface area contributed by atoms with Gasteiger partial charge in [-0.2, -0.15) is 0 Å². The van der Waals surface area contributed by atoms with E-state index in [0.29, 0.717) is 17.1 Å². The minimum absolute atomic E-state index is 0.331. The second-order valence-corrected chi connectivity index (χ2v) is 6.82. The maximum atomic E-state index is 11.3. The van der Waals surface area contributed by atoms with Crippen molar-refractivity contribution >= 4 is 5.78 Å². The highest BCUT2D eigenvalue weighted by atomic mass is 16.5. The zero-order chi connectivity index (χ0) is 15.0. The van der Waals surface area contributed by atoms with Crippen molar-refractivity contribution in [2.45, 2.75) is 38.0 Å². The Hall–Kier alpha value is -2.09. The van der Waals surface area contributed by atoms with Crippen molar-refractivity contribution in [1.82, 2.24) is 0 Å². The number of hydrogen-bond donors (Lipinski definition) is 0. The highest BCUT2D eigenvalue weighted by Gasteiger charge is 2.48. The zero-order valence-corrected chi connectivity index (χ0v) is 12.6. The molecule has 0 aliphatic heterocycles. The Morgan fingerprint density at radius 2 is 1.73 bits per heavy atom. The Labute approximate surface area is 131 Å². The van der Waals surface area contributed by atoms with Crippen LogP contribution in [-0.4, -0.2) is 5.78 Å². The molecule has 0 bridgehead atoms. The van der Waals surface area contributed by atoms with Gasteiger partial charge in [0.2, 0.25) is 0 Å². The van der Waals surface area contributed by atoms with Crippen LogP contribution in [0.4, 0.5) is 0 Å². The second kappa shape index (κ2) is 5.28. The molecule has 2 saturated carbocycles. The lowest BCUT2D eigenvalue weighted by Gasteiger charge is -2.37. The molecule has 2 heteroatoms. The number of rotatable bonds is 3. The normalized spacial score (nSPS) is 22.5. The number of ether oxygens (including phenoxy) is 1. The van der Waals surface area contributed by atoms with Gasteiger partial charge < -0.3 is 4.74 Å². The molecule has 2 fully saturated rings. The van der Waals surface area contributed by atoms with Crippen molar-refractivity contribution in [3.05, 3.63) is 60.2 Å². The highest BCUT2D eigenvalue weighted by Crippen LogP contribution is 2.56. The first-order valence-electron chi connectivity index (χ1n) is 8.07. The molecule has 0 radical (unpaired) electrons. The Morgan fingerprint density at radius 3 is 2.50 bits per heavy atom. The third-order valence-electron chi connectivity index (χ3n) is 5.16. The van der Waals surface area contributed by atoms with Crippen molar-refractivity contribution in [1.29, 1.82) is 0 Å². The molecular formula is C20H20O2. The van der Waals surface area contributed by atoms with E-state index >= 15 is 0 Å². The van der Waals surface area contributed by atoms with Gasteiger partial charge in [0.1, 0.15) is 17.3 Å². The molecule has 2 aliphatic rings. The van der Waals surface area contributed by atoms with E-state index in [1.807, 2.05) is 36.4 Å². The first kappa shape index (κ1) is 13.6. The van der Waals surface area contributed by atoms with Crippen LogP contribution in [0.1, 0.15) is 43.6 Å². The number of para-hydroxylation sites is 1. The van der Waals surface area contributed by atoms with Crippen LogP contribution in [0.5, 0.6) is 11.5 Å². The first-order valence-corrected chi connectivity index (χ1v) is 8.07. The summed E-state index contributed by atoms with van der Waals surface area (Å²) in [6, 6.07) is 18.3. The lowest BCUT2D eigenvalue weighted by Crippen LogP contribution is -2.35. The molecule has 2 aromatic rings. The van der Waals surface area contributed by atoms with Gasteiger partial charge in [0.15, 0.2) is 0 Å². The van der Waals surface area contributed by atoms with E-state index < -0.39 is 0 Å². The maximum Gasteiger partial charge on any atom is 0.134 e. The molecule has 0 saturated heterocycles. The summed E-state index contributed by atoms with van der Waals surface area (Å²) in [6.45, 7) is 0. The van der Waals surface area contributed by atoms with Crippen LogP contribution >= 0.6 is 0 Å². The van der Waals surface area contributed by atoms with Crippen LogP contribution in [0.15, 0.2) is 54.6 Å². The van der Waals surface area contributed by atoms with Gasteiger partial charge in [-0.05, 0) is 60.4 Å². The molecule has 2 aromatic carbocycles. The van der Waals surface area contributed by atoms with E-state index in [9.17, 15) is 4.79 Å². The smallest absolute Gasteiger partial charge is 0.134 e. The van der Waals surface area contributed by atoms with Crippen LogP contribution in [0, 0.1) is 5.41 Å². The molecule has 0 heterocycles. The van der Waals surface area contributed by atoms with Crippen molar-refractivity contribution in [2.24, 2.45) is 5.41 Å². The molecule has 0 aromatic heterocycles. The fourth-order valence-electron chi connectivity index (χ4n) is 4.05. The fraction of sp³-hybridized carbons (Fsp3) is 0.350. The SMILES string of the molecule is O=C1CC2(CCC(c3cccc(Oc4ccccc4)c3)C2)C1. The largest absolute Gasteiger partial charge is 0.457 e. The third-order valence-corrected chi connectivity index (χ3v) is 5.16. The van der Waals surface area contributed by atoms with Crippen molar-refractivity contribution < 1.29 is 9.53 Å². The van der Waals surface area contributed by atoms with Gasteiger partial charge in [-0.3, -0.25) is 4.79 Å². The topological polar surface area (TPSA) is 26.3 Å². The van der Waals surface area contributed by atoms with E-state index in [0.717, 1.165) is 30.8 Å². The summed E-state index contributed by atoms with van der Waals surface area (Å²) in [4.78, 5) is 11.3. The number of ketones is 1. The quantitative estimate of drug-likeness (QED) is 0.787. The molecule has 1 atom stereocenters. The van der Waals surface area contributed by atoms with Gasteiger partial charge in [-0.1, -0.05) is 30.3 Å². The van der Waals surface area contributed by atoms with E-state index in [4.69, 9.17) is 4.74 Å². The molecule has 1 unspecified atom stereocenters. The third kappa shape index (κ3) is 2.54. The monoisotopic (exact) mass is 292 g/mol. The van der Waals surface area contributed by atoms with Gasteiger partial charge in [0, 0.05) is 12.8 Å². The number of carbonyl (C=O) groups excluding carboxylic acids is 1. The molecule has 4 rings (SSSR count). The van der Waals surface area contributed by atoms with Crippen molar-refractivity contribution in [3.8, 4) is 11.5 Å². The second-order valence-electron chi connectivity index (χ2n) is 6.82. The van der Waals surface area contributed by atoms with E-state index in [-0.39, 0.29) is 0 Å². The summed E-state index contributed by atoms with van der Waals surface area (Å²) in [6.07, 6.45) is 5.18. The van der Waals surface area contributed by atoms with Crippen LogP contribution in [0.2, 0.25) is 0 Å². The molecule has 1 spiro atoms. The summed E-state index contributed by atoms with van der Waals surface area (Å²) >= 11 is 0. The van der Waals surface area contributed by atoms with Crippen LogP contribution < -0.4 is 4.74 Å². The Balaban J connectivity index is 1.49. The average molecular weight is 292 g/mol. The van der Waals surface area contributed by atoms with Crippen molar-refractivity contribution in [2.75, 3.05) is 0 Å². The van der Waals surface area contributed by atoms with Gasteiger partial charge in [-0.25, -0.2) is 0 Å². The Bertz CT molecular complexity index is 682. The van der Waals surface area contributed by atoms with Crippen LogP contribution in [0.3, 0.4) is 0 Å². The molecule has 0 N–H and O–H groups in total. The average Bonchev–Trinajstić information content (AvgIpc) is 2.94. The van der Waals surface area contributed by atoms with Crippen molar-refractivity contribution in [3.63, 3.8) is 0 Å². The fourth-order valence-corrected chi connectivity index (χ4v) is 4.05. The molecule has 112 valence electrons. The van der Waals surface area contributed by atoms with Crippen LogP contribution in [-0.2, 0) is 4.79 Å². The maximum absolute atomic E-state index is 11.3.